The molecule has 2 aromatic rings. The van der Waals surface area contributed by atoms with Gasteiger partial charge in [0.1, 0.15) is 5.82 Å². The highest BCUT2D eigenvalue weighted by atomic mass is 16.3. The van der Waals surface area contributed by atoms with Gasteiger partial charge in [0.05, 0.1) is 17.4 Å². The van der Waals surface area contributed by atoms with Gasteiger partial charge in [-0.15, -0.1) is 0 Å². The highest BCUT2D eigenvalue weighted by Crippen LogP contribution is 2.18. The van der Waals surface area contributed by atoms with Gasteiger partial charge in [0, 0.05) is 6.61 Å². The van der Waals surface area contributed by atoms with Crippen molar-refractivity contribution < 1.29 is 5.11 Å². The van der Waals surface area contributed by atoms with Crippen LogP contribution in [0, 0.1) is 12.8 Å². The first-order valence-corrected chi connectivity index (χ1v) is 7.49. The lowest BCUT2D eigenvalue weighted by Crippen LogP contribution is -2.35. The molecule has 3 rings (SSSR count). The van der Waals surface area contributed by atoms with E-state index in [1.54, 1.807) is 0 Å². The number of piperidine rings is 1. The summed E-state index contributed by atoms with van der Waals surface area (Å²) in [6.45, 7) is 4.81. The second kappa shape index (κ2) is 5.95. The second-order valence-electron chi connectivity index (χ2n) is 5.89. The number of aryl methyl sites for hydroxylation is 1. The number of benzene rings is 1. The summed E-state index contributed by atoms with van der Waals surface area (Å²) in [5.41, 5.74) is 1.75. The van der Waals surface area contributed by atoms with E-state index < -0.39 is 0 Å². The molecule has 5 heteroatoms. The van der Waals surface area contributed by atoms with E-state index in [4.69, 9.17) is 0 Å². The van der Waals surface area contributed by atoms with Crippen LogP contribution in [0.25, 0.3) is 10.9 Å². The number of likely N-dealkylation sites (tertiary alicyclic amines) is 1. The zero-order valence-electron chi connectivity index (χ0n) is 12.3. The zero-order valence-corrected chi connectivity index (χ0v) is 12.3. The van der Waals surface area contributed by atoms with Gasteiger partial charge in [-0.25, -0.2) is 4.98 Å². The molecule has 5 nitrogen and oxygen atoms in total. The van der Waals surface area contributed by atoms with Crippen molar-refractivity contribution >= 4 is 10.9 Å². The van der Waals surface area contributed by atoms with Crippen molar-refractivity contribution in [2.24, 2.45) is 5.92 Å². The second-order valence-corrected chi connectivity index (χ2v) is 5.89. The minimum atomic E-state index is -0.0658. The van der Waals surface area contributed by atoms with Crippen LogP contribution in [0.2, 0.25) is 0 Å². The number of nitrogens with zero attached hydrogens (tertiary/aromatic N) is 2. The maximum Gasteiger partial charge on any atom is 0.258 e. The molecule has 1 aromatic carbocycles. The Hall–Kier alpha value is -1.72. The molecular weight excluding hydrogens is 266 g/mol. The van der Waals surface area contributed by atoms with Crippen LogP contribution < -0.4 is 5.56 Å². The number of aliphatic hydroxyl groups is 1. The average Bonchev–Trinajstić information content (AvgIpc) is 2.49. The fourth-order valence-electron chi connectivity index (χ4n) is 2.97. The lowest BCUT2D eigenvalue weighted by molar-refractivity contribution is 0.125. The van der Waals surface area contributed by atoms with Crippen LogP contribution in [0.4, 0.5) is 0 Å². The Kier molecular flexibility index (Phi) is 4.03. The van der Waals surface area contributed by atoms with Gasteiger partial charge >= 0.3 is 0 Å². The predicted octanol–water partition coefficient (Wildman–Crippen LogP) is 1.44. The molecule has 0 saturated carbocycles. The Morgan fingerprint density at radius 1 is 1.38 bits per heavy atom. The fourth-order valence-corrected chi connectivity index (χ4v) is 2.97. The number of nitrogens with one attached hydrogen (secondary N) is 1. The van der Waals surface area contributed by atoms with E-state index in [9.17, 15) is 9.90 Å². The number of fused-ring (bicyclic) bond motifs is 1. The lowest BCUT2D eigenvalue weighted by Gasteiger charge is -2.30. The normalized spacial score (nSPS) is 17.4. The summed E-state index contributed by atoms with van der Waals surface area (Å²) in [5, 5.41) is 9.82. The van der Waals surface area contributed by atoms with Crippen LogP contribution in [0.3, 0.4) is 0 Å². The number of para-hydroxylation sites is 1. The number of H-pyrrole nitrogens is 1. The highest BCUT2D eigenvalue weighted by Gasteiger charge is 2.19. The quantitative estimate of drug-likeness (QED) is 0.896. The molecule has 0 unspecified atom stereocenters. The van der Waals surface area contributed by atoms with Gasteiger partial charge in [-0.1, -0.05) is 12.1 Å². The summed E-state index contributed by atoms with van der Waals surface area (Å²) < 4.78 is 0. The Morgan fingerprint density at radius 3 is 2.86 bits per heavy atom. The van der Waals surface area contributed by atoms with Crippen molar-refractivity contribution in [3.05, 3.63) is 39.9 Å². The predicted molar refractivity (Wildman–Crippen MR) is 82.2 cm³/mol. The Labute approximate surface area is 123 Å². The molecule has 1 aliphatic heterocycles. The third kappa shape index (κ3) is 2.99. The molecular formula is C16H21N3O2. The van der Waals surface area contributed by atoms with Gasteiger partial charge in [0.25, 0.3) is 5.56 Å². The van der Waals surface area contributed by atoms with Gasteiger partial charge in [0.15, 0.2) is 0 Å². The van der Waals surface area contributed by atoms with Crippen LogP contribution in [0.15, 0.2) is 23.0 Å². The first-order chi connectivity index (χ1) is 10.2. The molecule has 0 amide bonds. The molecule has 0 radical (unpaired) electrons. The van der Waals surface area contributed by atoms with E-state index in [0.717, 1.165) is 42.8 Å². The van der Waals surface area contributed by atoms with Crippen molar-refractivity contribution in [3.63, 3.8) is 0 Å². The minimum Gasteiger partial charge on any atom is -0.396 e. The number of aromatic amines is 1. The van der Waals surface area contributed by atoms with Crippen LogP contribution in [0.1, 0.15) is 24.2 Å². The molecule has 21 heavy (non-hydrogen) atoms. The Balaban J connectivity index is 1.82. The molecule has 1 aliphatic rings. The molecule has 0 bridgehead atoms. The minimum absolute atomic E-state index is 0.0658. The van der Waals surface area contributed by atoms with Crippen molar-refractivity contribution in [2.75, 3.05) is 19.7 Å². The summed E-state index contributed by atoms with van der Waals surface area (Å²) in [6.07, 6.45) is 2.01. The summed E-state index contributed by atoms with van der Waals surface area (Å²) in [5.74, 6) is 1.15. The highest BCUT2D eigenvalue weighted by molar-refractivity contribution is 5.80. The summed E-state index contributed by atoms with van der Waals surface area (Å²) in [7, 11) is 0. The molecule has 0 aliphatic carbocycles. The van der Waals surface area contributed by atoms with Crippen LogP contribution >= 0.6 is 0 Å². The van der Waals surface area contributed by atoms with Crippen LogP contribution in [0.5, 0.6) is 0 Å². The number of rotatable bonds is 3. The topological polar surface area (TPSA) is 69.2 Å². The van der Waals surface area contributed by atoms with Crippen molar-refractivity contribution in [2.45, 2.75) is 26.3 Å². The van der Waals surface area contributed by atoms with E-state index in [-0.39, 0.29) is 12.2 Å². The fraction of sp³-hybridized carbons (Fsp3) is 0.500. The smallest absolute Gasteiger partial charge is 0.258 e. The standard InChI is InChI=1S/C16H21N3O2/c1-11-3-2-4-13-15(11)17-14(18-16(13)21)9-19-7-5-12(10-20)6-8-19/h2-4,12,20H,5-10H2,1H3,(H,17,18,21). The maximum absolute atomic E-state index is 12.1. The zero-order chi connectivity index (χ0) is 14.8. The van der Waals surface area contributed by atoms with Crippen molar-refractivity contribution in [1.29, 1.82) is 0 Å². The van der Waals surface area contributed by atoms with E-state index in [1.165, 1.54) is 0 Å². The molecule has 2 N–H and O–H groups in total. The number of aromatic nitrogens is 2. The van der Waals surface area contributed by atoms with E-state index in [1.807, 2.05) is 25.1 Å². The third-order valence-electron chi connectivity index (χ3n) is 4.33. The molecule has 2 heterocycles. The molecule has 1 saturated heterocycles. The third-order valence-corrected chi connectivity index (χ3v) is 4.33. The van der Waals surface area contributed by atoms with Crippen molar-refractivity contribution in [1.82, 2.24) is 14.9 Å². The molecule has 0 spiro atoms. The van der Waals surface area contributed by atoms with E-state index in [2.05, 4.69) is 14.9 Å². The summed E-state index contributed by atoms with van der Waals surface area (Å²) >= 11 is 0. The molecule has 112 valence electrons. The number of hydrogen-bond donors (Lipinski definition) is 2. The van der Waals surface area contributed by atoms with Gasteiger partial charge in [-0.05, 0) is 50.4 Å². The number of aliphatic hydroxyl groups excluding tert-OH is 1. The monoisotopic (exact) mass is 287 g/mol. The largest absolute Gasteiger partial charge is 0.396 e. The first kappa shape index (κ1) is 14.2. The van der Waals surface area contributed by atoms with Crippen molar-refractivity contribution in [3.8, 4) is 0 Å². The summed E-state index contributed by atoms with van der Waals surface area (Å²) in [6, 6.07) is 5.67. The average molecular weight is 287 g/mol. The lowest BCUT2D eigenvalue weighted by atomic mass is 9.98. The molecule has 0 atom stereocenters. The Bertz CT molecular complexity index is 687. The maximum atomic E-state index is 12.1. The molecule has 1 fully saturated rings. The first-order valence-electron chi connectivity index (χ1n) is 7.49. The van der Waals surface area contributed by atoms with E-state index in [0.29, 0.717) is 17.8 Å². The molecule has 1 aromatic heterocycles. The van der Waals surface area contributed by atoms with Gasteiger partial charge in [-0.2, -0.15) is 0 Å². The van der Waals surface area contributed by atoms with E-state index >= 15 is 0 Å². The number of hydrogen-bond acceptors (Lipinski definition) is 4. The van der Waals surface area contributed by atoms with Gasteiger partial charge in [-0.3, -0.25) is 9.69 Å². The van der Waals surface area contributed by atoms with Crippen LogP contribution in [-0.2, 0) is 6.54 Å². The van der Waals surface area contributed by atoms with Gasteiger partial charge < -0.3 is 10.1 Å². The Morgan fingerprint density at radius 2 is 2.14 bits per heavy atom. The van der Waals surface area contributed by atoms with Crippen LogP contribution in [-0.4, -0.2) is 39.7 Å². The summed E-state index contributed by atoms with van der Waals surface area (Å²) in [4.78, 5) is 21.9. The van der Waals surface area contributed by atoms with Gasteiger partial charge in [0.2, 0.25) is 0 Å². The SMILES string of the molecule is Cc1cccc2c(=O)[nH]c(CN3CCC(CO)CC3)nc12.